The summed E-state index contributed by atoms with van der Waals surface area (Å²) in [6, 6.07) is 11.3. The van der Waals surface area contributed by atoms with Crippen LogP contribution in [0.4, 0.5) is 4.39 Å². The largest absolute Gasteiger partial charge is 0.507 e. The second-order valence-electron chi connectivity index (χ2n) is 6.67. The van der Waals surface area contributed by atoms with E-state index in [-0.39, 0.29) is 22.8 Å². The summed E-state index contributed by atoms with van der Waals surface area (Å²) in [5, 5.41) is 20.0. The van der Waals surface area contributed by atoms with Crippen molar-refractivity contribution in [1.82, 2.24) is 0 Å². The van der Waals surface area contributed by atoms with Crippen LogP contribution in [0.15, 0.2) is 46.4 Å². The van der Waals surface area contributed by atoms with Gasteiger partial charge in [0, 0.05) is 22.6 Å². The third kappa shape index (κ3) is 2.28. The first-order chi connectivity index (χ1) is 12.5. The van der Waals surface area contributed by atoms with Crippen molar-refractivity contribution in [3.63, 3.8) is 0 Å². The predicted molar refractivity (Wildman–Crippen MR) is 97.3 cm³/mol. The predicted octanol–water partition coefficient (Wildman–Crippen LogP) is 3.46. The number of nitrogens with two attached hydrogens (primary N) is 1. The average Bonchev–Trinajstić information content (AvgIpc) is 3.43. The summed E-state index contributed by atoms with van der Waals surface area (Å²) < 4.78 is 15.0. The Hall–Kier alpha value is -3.20. The summed E-state index contributed by atoms with van der Waals surface area (Å²) in [6.45, 7) is 1.76. The number of halogens is 1. The number of aromatic hydroxyl groups is 1. The molecule has 1 unspecified atom stereocenters. The molecule has 6 heteroatoms. The number of rotatable bonds is 3. The minimum absolute atomic E-state index is 0.0528. The molecule has 0 radical (unpaired) electrons. The van der Waals surface area contributed by atoms with Gasteiger partial charge in [-0.1, -0.05) is 18.2 Å². The topological polar surface area (TPSA) is 94.8 Å². The maximum Gasteiger partial charge on any atom is 0.183 e. The molecular weight excluding hydrogens is 331 g/mol. The molecule has 3 N–H and O–H groups in total. The Bertz CT molecular complexity index is 997. The fourth-order valence-electron chi connectivity index (χ4n) is 3.59. The number of para-hydroxylation sites is 1. The minimum atomic E-state index is -1.11. The van der Waals surface area contributed by atoms with E-state index in [9.17, 15) is 14.8 Å². The van der Waals surface area contributed by atoms with Gasteiger partial charge in [-0.25, -0.2) is 9.38 Å². The molecule has 1 aliphatic carbocycles. The molecular formula is C20H17FN4O. The van der Waals surface area contributed by atoms with E-state index in [4.69, 9.17) is 5.73 Å². The van der Waals surface area contributed by atoms with Gasteiger partial charge in [0.2, 0.25) is 0 Å². The summed E-state index contributed by atoms with van der Waals surface area (Å²) in [5.74, 6) is -0.247. The van der Waals surface area contributed by atoms with Crippen molar-refractivity contribution >= 4 is 11.5 Å². The first-order valence-electron chi connectivity index (χ1n) is 8.41. The first kappa shape index (κ1) is 16.3. The van der Waals surface area contributed by atoms with E-state index in [0.717, 1.165) is 12.8 Å². The Labute approximate surface area is 150 Å². The Kier molecular flexibility index (Phi) is 3.55. The van der Waals surface area contributed by atoms with Crippen molar-refractivity contribution in [3.8, 4) is 22.9 Å². The molecule has 2 aromatic carbocycles. The molecule has 1 heterocycles. The van der Waals surface area contributed by atoms with Gasteiger partial charge in [-0.15, -0.1) is 0 Å². The Morgan fingerprint density at radius 2 is 1.96 bits per heavy atom. The summed E-state index contributed by atoms with van der Waals surface area (Å²) in [4.78, 5) is 9.28. The lowest BCUT2D eigenvalue weighted by Crippen LogP contribution is -2.26. The highest BCUT2D eigenvalue weighted by molar-refractivity contribution is 6.41. The Morgan fingerprint density at radius 1 is 1.23 bits per heavy atom. The summed E-state index contributed by atoms with van der Waals surface area (Å²) >= 11 is 0. The smallest absolute Gasteiger partial charge is 0.183 e. The van der Waals surface area contributed by atoms with E-state index in [1.54, 1.807) is 25.1 Å². The minimum Gasteiger partial charge on any atom is -0.507 e. The Morgan fingerprint density at radius 3 is 2.54 bits per heavy atom. The zero-order valence-corrected chi connectivity index (χ0v) is 14.2. The van der Waals surface area contributed by atoms with Crippen LogP contribution in [-0.4, -0.2) is 16.7 Å². The molecule has 0 amide bonds. The lowest BCUT2D eigenvalue weighted by Gasteiger charge is -2.28. The second kappa shape index (κ2) is 5.67. The van der Waals surface area contributed by atoms with Gasteiger partial charge in [-0.3, -0.25) is 4.99 Å². The van der Waals surface area contributed by atoms with Gasteiger partial charge in [0.25, 0.3) is 0 Å². The maximum atomic E-state index is 15.0. The third-order valence-corrected chi connectivity index (χ3v) is 4.96. The molecule has 1 fully saturated rings. The third-order valence-electron chi connectivity index (χ3n) is 4.96. The molecule has 1 saturated carbocycles. The van der Waals surface area contributed by atoms with Crippen LogP contribution in [0, 0.1) is 23.1 Å². The zero-order valence-electron chi connectivity index (χ0n) is 14.2. The van der Waals surface area contributed by atoms with E-state index in [1.165, 1.54) is 18.2 Å². The van der Waals surface area contributed by atoms with Crippen LogP contribution in [0.3, 0.4) is 0 Å². The highest BCUT2D eigenvalue weighted by Crippen LogP contribution is 2.55. The first-order valence-corrected chi connectivity index (χ1v) is 8.41. The van der Waals surface area contributed by atoms with E-state index < -0.39 is 11.5 Å². The van der Waals surface area contributed by atoms with Gasteiger partial charge in [0.05, 0.1) is 17.3 Å². The molecule has 26 heavy (non-hydrogen) atoms. The van der Waals surface area contributed by atoms with Crippen LogP contribution < -0.4 is 5.73 Å². The molecule has 130 valence electrons. The SMILES string of the molecule is CC1=NC(c2c(C#N)ccc(F)c2-c2ccccc2O)(C2CC2)N=C1N. The molecule has 0 spiro atoms. The monoisotopic (exact) mass is 348 g/mol. The van der Waals surface area contributed by atoms with E-state index in [0.29, 0.717) is 22.7 Å². The zero-order chi connectivity index (χ0) is 18.5. The Balaban J connectivity index is 2.11. The highest BCUT2D eigenvalue weighted by Gasteiger charge is 2.52. The molecule has 5 nitrogen and oxygen atoms in total. The normalized spacial score (nSPS) is 21.9. The number of nitrogens with zero attached hydrogens (tertiary/aromatic N) is 3. The fourth-order valence-corrected chi connectivity index (χ4v) is 3.59. The van der Waals surface area contributed by atoms with Crippen LogP contribution in [0.2, 0.25) is 0 Å². The lowest BCUT2D eigenvalue weighted by molar-refractivity contribution is 0.414. The van der Waals surface area contributed by atoms with Crippen molar-refractivity contribution in [2.24, 2.45) is 21.6 Å². The van der Waals surface area contributed by atoms with E-state index >= 15 is 0 Å². The van der Waals surface area contributed by atoms with Crippen LogP contribution in [0.5, 0.6) is 5.75 Å². The molecule has 1 aliphatic heterocycles. The van der Waals surface area contributed by atoms with Gasteiger partial charge in [0.15, 0.2) is 5.66 Å². The number of hydrogen-bond donors (Lipinski definition) is 2. The number of nitriles is 1. The molecule has 2 aromatic rings. The molecule has 4 rings (SSSR count). The molecule has 1 atom stereocenters. The number of phenols is 1. The van der Waals surface area contributed by atoms with Gasteiger partial charge in [0.1, 0.15) is 17.4 Å². The highest BCUT2D eigenvalue weighted by atomic mass is 19.1. The van der Waals surface area contributed by atoms with Crippen molar-refractivity contribution in [2.75, 3.05) is 0 Å². The second-order valence-corrected chi connectivity index (χ2v) is 6.67. The number of benzene rings is 2. The number of phenolic OH excluding ortho intramolecular Hbond substituents is 1. The van der Waals surface area contributed by atoms with Gasteiger partial charge < -0.3 is 10.8 Å². The van der Waals surface area contributed by atoms with Gasteiger partial charge in [-0.2, -0.15) is 5.26 Å². The van der Waals surface area contributed by atoms with E-state index in [2.05, 4.69) is 16.1 Å². The number of amidine groups is 1. The average molecular weight is 348 g/mol. The van der Waals surface area contributed by atoms with Crippen LogP contribution in [0.25, 0.3) is 11.1 Å². The standard InChI is InChI=1S/C20H17FN4O/c1-11-19(23)25-20(24-11,13-7-8-13)18-12(10-22)6-9-15(21)17(18)14-4-2-3-5-16(14)26/h2-6,9,13,26H,7-8H2,1H3,(H2,23,25). The maximum absolute atomic E-state index is 15.0. The fraction of sp³-hybridized carbons (Fsp3) is 0.250. The van der Waals surface area contributed by atoms with Crippen LogP contribution in [-0.2, 0) is 5.66 Å². The van der Waals surface area contributed by atoms with Crippen LogP contribution in [0.1, 0.15) is 30.9 Å². The number of hydrogen-bond acceptors (Lipinski definition) is 5. The van der Waals surface area contributed by atoms with Crippen molar-refractivity contribution in [3.05, 3.63) is 53.3 Å². The lowest BCUT2D eigenvalue weighted by atomic mass is 9.84. The quantitative estimate of drug-likeness (QED) is 0.889. The summed E-state index contributed by atoms with van der Waals surface area (Å²) in [6.07, 6.45) is 1.74. The molecule has 0 bridgehead atoms. The summed E-state index contributed by atoms with van der Waals surface area (Å²) in [7, 11) is 0. The van der Waals surface area contributed by atoms with E-state index in [1.807, 2.05) is 0 Å². The number of aliphatic imine (C=N–C) groups is 2. The van der Waals surface area contributed by atoms with Crippen LogP contribution >= 0.6 is 0 Å². The molecule has 2 aliphatic rings. The van der Waals surface area contributed by atoms with Gasteiger partial charge in [-0.05, 0) is 38.0 Å². The molecule has 0 aromatic heterocycles. The molecule has 0 saturated heterocycles. The van der Waals surface area contributed by atoms with Crippen molar-refractivity contribution < 1.29 is 9.50 Å². The summed E-state index contributed by atoms with van der Waals surface area (Å²) in [5.41, 5.74) is 6.59. The van der Waals surface area contributed by atoms with Gasteiger partial charge >= 0.3 is 0 Å². The van der Waals surface area contributed by atoms with Crippen molar-refractivity contribution in [1.29, 1.82) is 5.26 Å². The van der Waals surface area contributed by atoms with Crippen molar-refractivity contribution in [2.45, 2.75) is 25.4 Å².